The van der Waals surface area contributed by atoms with Crippen molar-refractivity contribution in [2.45, 2.75) is 18.6 Å². The van der Waals surface area contributed by atoms with Gasteiger partial charge in [-0.05, 0) is 23.8 Å². The van der Waals surface area contributed by atoms with E-state index in [1.807, 2.05) is 18.2 Å². The minimum absolute atomic E-state index is 0.251. The third-order valence-corrected chi connectivity index (χ3v) is 4.93. The second-order valence-corrected chi connectivity index (χ2v) is 6.55. The first-order chi connectivity index (χ1) is 9.67. The Bertz CT molecular complexity index is 475. The van der Waals surface area contributed by atoms with Crippen molar-refractivity contribution >= 4 is 15.9 Å². The van der Waals surface area contributed by atoms with Gasteiger partial charge in [0, 0.05) is 49.7 Å². The molecule has 3 saturated heterocycles. The number of fused-ring (bicyclic) bond motifs is 3. The van der Waals surface area contributed by atoms with E-state index in [2.05, 4.69) is 25.7 Å². The van der Waals surface area contributed by atoms with Crippen LogP contribution in [-0.2, 0) is 6.42 Å². The van der Waals surface area contributed by atoms with E-state index in [-0.39, 0.29) is 12.1 Å². The predicted molar refractivity (Wildman–Crippen MR) is 82.2 cm³/mol. The molecule has 0 spiro atoms. The summed E-state index contributed by atoms with van der Waals surface area (Å²) in [5, 5.41) is 10.6. The zero-order valence-electron chi connectivity index (χ0n) is 11.8. The zero-order chi connectivity index (χ0) is 14.1. The summed E-state index contributed by atoms with van der Waals surface area (Å²) in [5.41, 5.74) is 1.06. The number of aliphatic hydroxyl groups is 1. The fourth-order valence-corrected chi connectivity index (χ4v) is 3.70. The summed E-state index contributed by atoms with van der Waals surface area (Å²) in [6, 6.07) is 6.20. The normalized spacial score (nSPS) is 30.2. The summed E-state index contributed by atoms with van der Waals surface area (Å²) >= 11 is 3.49. The molecule has 0 radical (unpaired) electrons. The number of rotatable bonds is 4. The molecule has 1 aromatic carbocycles. The van der Waals surface area contributed by atoms with E-state index >= 15 is 0 Å². The number of ether oxygens (including phenoxy) is 1. The highest BCUT2D eigenvalue weighted by atomic mass is 79.9. The van der Waals surface area contributed by atoms with Gasteiger partial charge in [0.15, 0.2) is 0 Å². The van der Waals surface area contributed by atoms with E-state index in [4.69, 9.17) is 4.74 Å². The van der Waals surface area contributed by atoms with Crippen LogP contribution in [-0.4, -0.2) is 66.9 Å². The number of nitrogens with zero attached hydrogens (tertiary/aromatic N) is 2. The topological polar surface area (TPSA) is 35.9 Å². The minimum Gasteiger partial charge on any atom is -0.496 e. The molecule has 1 aromatic rings. The Hall–Kier alpha value is -0.620. The fraction of sp³-hybridized carbons (Fsp3) is 0.600. The van der Waals surface area contributed by atoms with Crippen LogP contribution in [0.25, 0.3) is 0 Å². The molecule has 2 unspecified atom stereocenters. The van der Waals surface area contributed by atoms with Gasteiger partial charge in [-0.25, -0.2) is 0 Å². The maximum Gasteiger partial charge on any atom is 0.122 e. The van der Waals surface area contributed by atoms with Crippen LogP contribution in [0.3, 0.4) is 0 Å². The first kappa shape index (κ1) is 14.3. The van der Waals surface area contributed by atoms with E-state index < -0.39 is 0 Å². The Morgan fingerprint density at radius 1 is 1.35 bits per heavy atom. The van der Waals surface area contributed by atoms with Crippen LogP contribution in [0.5, 0.6) is 5.75 Å². The van der Waals surface area contributed by atoms with Crippen LogP contribution in [0.2, 0.25) is 0 Å². The minimum atomic E-state index is -0.346. The number of hydrogen-bond donors (Lipinski definition) is 1. The van der Waals surface area contributed by atoms with Gasteiger partial charge in [0.2, 0.25) is 0 Å². The van der Waals surface area contributed by atoms with Gasteiger partial charge in [-0.3, -0.25) is 9.80 Å². The van der Waals surface area contributed by atoms with E-state index in [9.17, 15) is 5.11 Å². The van der Waals surface area contributed by atoms with Crippen molar-refractivity contribution in [1.82, 2.24) is 9.80 Å². The van der Waals surface area contributed by atoms with E-state index in [0.29, 0.717) is 6.42 Å². The zero-order valence-corrected chi connectivity index (χ0v) is 13.3. The summed E-state index contributed by atoms with van der Waals surface area (Å²) in [5.74, 6) is 0.850. The van der Waals surface area contributed by atoms with Crippen LogP contribution >= 0.6 is 15.9 Å². The molecular formula is C15H21BrN2O2. The van der Waals surface area contributed by atoms with Gasteiger partial charge >= 0.3 is 0 Å². The summed E-state index contributed by atoms with van der Waals surface area (Å²) in [7, 11) is 1.68. The Morgan fingerprint density at radius 2 is 2.10 bits per heavy atom. The predicted octanol–water partition coefficient (Wildman–Crippen LogP) is 1.36. The maximum absolute atomic E-state index is 10.6. The lowest BCUT2D eigenvalue weighted by atomic mass is 9.96. The van der Waals surface area contributed by atoms with Crippen LogP contribution in [0.4, 0.5) is 0 Å². The number of hydrogen-bond acceptors (Lipinski definition) is 4. The largest absolute Gasteiger partial charge is 0.496 e. The lowest BCUT2D eigenvalue weighted by Gasteiger charge is -2.49. The van der Waals surface area contributed by atoms with Crippen LogP contribution in [0.1, 0.15) is 5.56 Å². The Morgan fingerprint density at radius 3 is 2.70 bits per heavy atom. The molecule has 2 bridgehead atoms. The van der Waals surface area contributed by atoms with Gasteiger partial charge in [0.25, 0.3) is 0 Å². The number of aliphatic hydroxyl groups excluding tert-OH is 1. The van der Waals surface area contributed by atoms with E-state index in [0.717, 1.165) is 48.5 Å². The molecular weight excluding hydrogens is 320 g/mol. The van der Waals surface area contributed by atoms with Crippen molar-refractivity contribution in [3.05, 3.63) is 28.2 Å². The molecule has 1 N–H and O–H groups in total. The van der Waals surface area contributed by atoms with Crippen molar-refractivity contribution in [2.75, 3.05) is 39.8 Å². The third-order valence-electron chi connectivity index (χ3n) is 4.44. The second-order valence-electron chi connectivity index (χ2n) is 5.63. The molecule has 3 heterocycles. The fourth-order valence-electron chi connectivity index (χ4n) is 3.29. The molecule has 2 atom stereocenters. The smallest absolute Gasteiger partial charge is 0.122 e. The SMILES string of the molecule is COc1ccc(Br)cc1CC(O)C1CN2CCN1CC2. The van der Waals surface area contributed by atoms with Gasteiger partial charge in [0.1, 0.15) is 5.75 Å². The number of methoxy groups -OCH3 is 1. The van der Waals surface area contributed by atoms with Crippen molar-refractivity contribution in [3.63, 3.8) is 0 Å². The van der Waals surface area contributed by atoms with Gasteiger partial charge < -0.3 is 9.84 Å². The molecule has 0 aliphatic carbocycles. The lowest BCUT2D eigenvalue weighted by Crippen LogP contribution is -2.64. The molecule has 20 heavy (non-hydrogen) atoms. The average Bonchev–Trinajstić information content (AvgIpc) is 2.48. The molecule has 3 fully saturated rings. The van der Waals surface area contributed by atoms with Crippen molar-refractivity contribution in [1.29, 1.82) is 0 Å². The Kier molecular flexibility index (Phi) is 4.31. The summed E-state index contributed by atoms with van der Waals surface area (Å²) < 4.78 is 6.42. The first-order valence-corrected chi connectivity index (χ1v) is 7.93. The van der Waals surface area contributed by atoms with Gasteiger partial charge in [0.05, 0.1) is 13.2 Å². The van der Waals surface area contributed by atoms with Crippen LogP contribution in [0.15, 0.2) is 22.7 Å². The quantitative estimate of drug-likeness (QED) is 0.897. The molecule has 0 amide bonds. The molecule has 0 aromatic heterocycles. The highest BCUT2D eigenvalue weighted by Gasteiger charge is 2.36. The van der Waals surface area contributed by atoms with Crippen LogP contribution < -0.4 is 4.74 Å². The average molecular weight is 341 g/mol. The standard InChI is InChI=1S/C15H21BrN2O2/c1-20-15-3-2-12(16)8-11(15)9-14(19)13-10-17-4-6-18(13)7-5-17/h2-3,8,13-14,19H,4-7,9-10H2,1H3. The lowest BCUT2D eigenvalue weighted by molar-refractivity contribution is -0.0454. The van der Waals surface area contributed by atoms with E-state index in [1.54, 1.807) is 7.11 Å². The Labute approximate surface area is 128 Å². The first-order valence-electron chi connectivity index (χ1n) is 7.14. The number of piperazine rings is 3. The summed E-state index contributed by atoms with van der Waals surface area (Å²) in [6.07, 6.45) is 0.291. The molecule has 3 aliphatic heterocycles. The molecule has 4 nitrogen and oxygen atoms in total. The molecule has 3 aliphatic rings. The van der Waals surface area contributed by atoms with Crippen LogP contribution in [0, 0.1) is 0 Å². The van der Waals surface area contributed by atoms with Gasteiger partial charge in [-0.15, -0.1) is 0 Å². The van der Waals surface area contributed by atoms with Crippen molar-refractivity contribution in [2.24, 2.45) is 0 Å². The van der Waals surface area contributed by atoms with Crippen molar-refractivity contribution < 1.29 is 9.84 Å². The highest BCUT2D eigenvalue weighted by Crippen LogP contribution is 2.27. The summed E-state index contributed by atoms with van der Waals surface area (Å²) in [4.78, 5) is 4.88. The maximum atomic E-state index is 10.6. The molecule has 0 saturated carbocycles. The molecule has 110 valence electrons. The van der Waals surface area contributed by atoms with Gasteiger partial charge in [-0.2, -0.15) is 0 Å². The monoisotopic (exact) mass is 340 g/mol. The van der Waals surface area contributed by atoms with E-state index in [1.165, 1.54) is 0 Å². The van der Waals surface area contributed by atoms with Gasteiger partial charge in [-0.1, -0.05) is 15.9 Å². The van der Waals surface area contributed by atoms with Crippen molar-refractivity contribution in [3.8, 4) is 5.75 Å². The third kappa shape index (κ3) is 2.86. The number of halogens is 1. The second kappa shape index (κ2) is 6.02. The number of benzene rings is 1. The summed E-state index contributed by atoms with van der Waals surface area (Å²) in [6.45, 7) is 5.43. The highest BCUT2D eigenvalue weighted by molar-refractivity contribution is 9.10. The molecule has 5 heteroatoms. The molecule has 4 rings (SSSR count). The Balaban J connectivity index is 1.72.